The number of thiazole rings is 1. The molecular weight excluding hydrogens is 624 g/mol. The predicted molar refractivity (Wildman–Crippen MR) is 187 cm³/mol. The second-order valence-corrected chi connectivity index (χ2v) is 18.3. The van der Waals surface area contributed by atoms with Crippen molar-refractivity contribution in [1.82, 2.24) is 15.2 Å². The molecule has 8 nitrogen and oxygen atoms in total. The zero-order valence-electron chi connectivity index (χ0n) is 26.7. The molecule has 0 aliphatic rings. The van der Waals surface area contributed by atoms with Gasteiger partial charge >= 0.3 is 0 Å². The SMILES string of the molecule is COc1ccc(CNc2cnnc3cc(-c4cc(Cl)c(OCCO[Si](C)(C)C(C)(C)C)cc4-c4nccs4)ccc23)c(OC)c1. The van der Waals surface area contributed by atoms with Crippen molar-refractivity contribution in [2.45, 2.75) is 45.4 Å². The predicted octanol–water partition coefficient (Wildman–Crippen LogP) is 9.10. The fraction of sp³-hybridized carbons (Fsp3) is 0.324. The monoisotopic (exact) mass is 662 g/mol. The molecule has 0 aliphatic carbocycles. The standard InChI is InChI=1S/C34H39ClN4O4SSi/c1-34(2,3)45(6,7)43-14-13-42-32-19-27(33-36-12-15-44-33)26(18-28(32)35)22-9-11-25-29(16-22)39-38-21-30(25)37-20-23-8-10-24(40-4)17-31(23)41-5/h8-12,15-19,21H,13-14,20H2,1-7H3,(H,37,39). The fourth-order valence-electron chi connectivity index (χ4n) is 4.66. The molecular formula is C34H39ClN4O4SSi. The third-order valence-electron chi connectivity index (χ3n) is 8.26. The minimum Gasteiger partial charge on any atom is -0.497 e. The minimum absolute atomic E-state index is 0.134. The molecule has 0 radical (unpaired) electrons. The maximum Gasteiger partial charge on any atom is 0.192 e. The average Bonchev–Trinajstić information content (AvgIpc) is 3.56. The van der Waals surface area contributed by atoms with Gasteiger partial charge in [-0.25, -0.2) is 4.98 Å². The van der Waals surface area contributed by atoms with E-state index >= 15 is 0 Å². The summed E-state index contributed by atoms with van der Waals surface area (Å²) in [5.41, 5.74) is 5.43. The topological polar surface area (TPSA) is 87.6 Å². The van der Waals surface area contributed by atoms with Crippen molar-refractivity contribution in [3.8, 4) is 38.9 Å². The third-order valence-corrected chi connectivity index (χ3v) is 13.9. The summed E-state index contributed by atoms with van der Waals surface area (Å²) in [4.78, 5) is 4.60. The van der Waals surface area contributed by atoms with E-state index in [0.29, 0.717) is 30.5 Å². The summed E-state index contributed by atoms with van der Waals surface area (Å²) in [6.45, 7) is 12.6. The van der Waals surface area contributed by atoms with Crippen LogP contribution in [-0.2, 0) is 11.0 Å². The molecule has 0 bridgehead atoms. The zero-order valence-corrected chi connectivity index (χ0v) is 29.3. The Hall–Kier alpha value is -3.70. The van der Waals surface area contributed by atoms with Gasteiger partial charge in [0.05, 0.1) is 43.3 Å². The molecule has 0 aliphatic heterocycles. The molecule has 0 unspecified atom stereocenters. The second-order valence-electron chi connectivity index (χ2n) is 12.1. The molecule has 0 spiro atoms. The van der Waals surface area contributed by atoms with Gasteiger partial charge in [-0.15, -0.1) is 11.3 Å². The van der Waals surface area contributed by atoms with Crippen molar-refractivity contribution in [3.63, 3.8) is 0 Å². The summed E-state index contributed by atoms with van der Waals surface area (Å²) >= 11 is 8.38. The molecule has 11 heteroatoms. The number of nitrogens with one attached hydrogen (secondary N) is 1. The van der Waals surface area contributed by atoms with E-state index in [1.807, 2.05) is 41.8 Å². The summed E-state index contributed by atoms with van der Waals surface area (Å²) in [6.07, 6.45) is 3.53. The van der Waals surface area contributed by atoms with Crippen LogP contribution in [0.1, 0.15) is 26.3 Å². The third kappa shape index (κ3) is 7.41. The number of nitrogens with zero attached hydrogens (tertiary/aromatic N) is 3. The Labute approximate surface area is 274 Å². The van der Waals surface area contributed by atoms with Crippen LogP contribution in [0, 0.1) is 0 Å². The number of fused-ring (bicyclic) bond motifs is 1. The quantitative estimate of drug-likeness (QED) is 0.105. The number of hydrogen-bond donors (Lipinski definition) is 1. The van der Waals surface area contributed by atoms with Crippen LogP contribution in [0.15, 0.2) is 66.3 Å². The molecule has 0 fully saturated rings. The van der Waals surface area contributed by atoms with Gasteiger partial charge in [0, 0.05) is 40.7 Å². The molecule has 45 heavy (non-hydrogen) atoms. The van der Waals surface area contributed by atoms with E-state index in [-0.39, 0.29) is 5.04 Å². The largest absolute Gasteiger partial charge is 0.497 e. The van der Waals surface area contributed by atoms with Crippen LogP contribution in [0.3, 0.4) is 0 Å². The molecule has 236 valence electrons. The Balaban J connectivity index is 1.40. The van der Waals surface area contributed by atoms with Crippen molar-refractivity contribution in [3.05, 3.63) is 76.9 Å². The normalized spacial score (nSPS) is 11.9. The number of halogens is 1. The molecule has 0 amide bonds. The Morgan fingerprint density at radius 3 is 2.47 bits per heavy atom. The zero-order chi connectivity index (χ0) is 32.2. The summed E-state index contributed by atoms with van der Waals surface area (Å²) in [7, 11) is 1.42. The lowest BCUT2D eigenvalue weighted by atomic mass is 9.98. The summed E-state index contributed by atoms with van der Waals surface area (Å²) in [5.74, 6) is 2.09. The van der Waals surface area contributed by atoms with Gasteiger partial charge < -0.3 is 24.0 Å². The van der Waals surface area contributed by atoms with E-state index in [1.165, 1.54) is 0 Å². The smallest absolute Gasteiger partial charge is 0.192 e. The molecule has 5 rings (SSSR count). The number of hydrogen-bond acceptors (Lipinski definition) is 9. The Morgan fingerprint density at radius 1 is 0.933 bits per heavy atom. The van der Waals surface area contributed by atoms with Crippen LogP contribution in [-0.4, -0.2) is 50.9 Å². The van der Waals surface area contributed by atoms with Crippen LogP contribution in [0.2, 0.25) is 23.2 Å². The number of anilines is 1. The number of ether oxygens (including phenoxy) is 3. The van der Waals surface area contributed by atoms with Crippen molar-refractivity contribution >= 4 is 47.8 Å². The highest BCUT2D eigenvalue weighted by atomic mass is 35.5. The van der Waals surface area contributed by atoms with Crippen molar-refractivity contribution in [2.75, 3.05) is 32.8 Å². The second kappa shape index (κ2) is 13.7. The highest BCUT2D eigenvalue weighted by Crippen LogP contribution is 2.41. The first-order valence-corrected chi connectivity index (χ1v) is 18.9. The van der Waals surface area contributed by atoms with Gasteiger partial charge in [0.1, 0.15) is 28.9 Å². The van der Waals surface area contributed by atoms with Crippen LogP contribution in [0.25, 0.3) is 32.6 Å². The minimum atomic E-state index is -1.87. The summed E-state index contributed by atoms with van der Waals surface area (Å²) in [5, 5.41) is 16.7. The van der Waals surface area contributed by atoms with Gasteiger partial charge in [-0.05, 0) is 65.7 Å². The number of methoxy groups -OCH3 is 2. The highest BCUT2D eigenvalue weighted by molar-refractivity contribution is 7.13. The van der Waals surface area contributed by atoms with Crippen molar-refractivity contribution in [1.29, 1.82) is 0 Å². The average molecular weight is 663 g/mol. The lowest BCUT2D eigenvalue weighted by Gasteiger charge is -2.36. The Morgan fingerprint density at radius 2 is 1.76 bits per heavy atom. The molecule has 0 saturated carbocycles. The first kappa shape index (κ1) is 32.7. The van der Waals surface area contributed by atoms with Gasteiger partial charge in [0.15, 0.2) is 8.32 Å². The van der Waals surface area contributed by atoms with Crippen LogP contribution in [0.4, 0.5) is 5.69 Å². The van der Waals surface area contributed by atoms with Gasteiger partial charge in [-0.3, -0.25) is 0 Å². The van der Waals surface area contributed by atoms with Crippen LogP contribution >= 0.6 is 22.9 Å². The number of rotatable bonds is 12. The van der Waals surface area contributed by atoms with Gasteiger partial charge in [-0.2, -0.15) is 10.2 Å². The van der Waals surface area contributed by atoms with Gasteiger partial charge in [0.2, 0.25) is 0 Å². The van der Waals surface area contributed by atoms with E-state index in [2.05, 4.69) is 66.5 Å². The molecule has 5 aromatic rings. The molecule has 1 N–H and O–H groups in total. The first-order chi connectivity index (χ1) is 21.5. The maximum absolute atomic E-state index is 6.81. The molecule has 3 aromatic carbocycles. The number of aromatic nitrogens is 3. The molecule has 2 aromatic heterocycles. The molecule has 0 saturated heterocycles. The van der Waals surface area contributed by atoms with E-state index in [1.54, 1.807) is 38.0 Å². The van der Waals surface area contributed by atoms with E-state index in [0.717, 1.165) is 55.4 Å². The van der Waals surface area contributed by atoms with Gasteiger partial charge in [-0.1, -0.05) is 38.4 Å². The van der Waals surface area contributed by atoms with E-state index in [9.17, 15) is 0 Å². The lowest BCUT2D eigenvalue weighted by molar-refractivity contribution is 0.203. The molecule has 0 atom stereocenters. The molecule has 2 heterocycles. The lowest BCUT2D eigenvalue weighted by Crippen LogP contribution is -2.41. The van der Waals surface area contributed by atoms with Gasteiger partial charge in [0.25, 0.3) is 0 Å². The Bertz CT molecular complexity index is 1780. The maximum atomic E-state index is 6.81. The summed E-state index contributed by atoms with van der Waals surface area (Å²) < 4.78 is 23.3. The highest BCUT2D eigenvalue weighted by Gasteiger charge is 2.37. The van der Waals surface area contributed by atoms with Crippen LogP contribution in [0.5, 0.6) is 17.2 Å². The van der Waals surface area contributed by atoms with E-state index < -0.39 is 8.32 Å². The fourth-order valence-corrected chi connectivity index (χ4v) is 6.57. The van der Waals surface area contributed by atoms with Crippen LogP contribution < -0.4 is 19.5 Å². The first-order valence-electron chi connectivity index (χ1n) is 14.7. The summed E-state index contributed by atoms with van der Waals surface area (Å²) in [6, 6.07) is 15.8. The van der Waals surface area contributed by atoms with Crippen molar-refractivity contribution in [2.24, 2.45) is 0 Å². The Kier molecular flexibility index (Phi) is 9.98. The number of benzene rings is 3. The van der Waals surface area contributed by atoms with E-state index in [4.69, 9.17) is 30.2 Å². The van der Waals surface area contributed by atoms with Crippen molar-refractivity contribution < 1.29 is 18.6 Å².